The predicted octanol–water partition coefficient (Wildman–Crippen LogP) is 3.80. The summed E-state index contributed by atoms with van der Waals surface area (Å²) >= 11 is 9.57. The number of nitrogens with zero attached hydrogens (tertiary/aromatic N) is 2. The number of methoxy groups -OCH3 is 1. The first-order chi connectivity index (χ1) is 9.58. The van der Waals surface area contributed by atoms with Crippen molar-refractivity contribution in [2.45, 2.75) is 26.0 Å². The maximum atomic E-state index is 10.7. The van der Waals surface area contributed by atoms with Crippen molar-refractivity contribution in [1.82, 2.24) is 9.78 Å². The molecule has 0 saturated heterocycles. The zero-order chi connectivity index (χ0) is 14.7. The molecule has 0 spiro atoms. The van der Waals surface area contributed by atoms with Crippen molar-refractivity contribution < 1.29 is 9.84 Å². The number of halogens is 2. The first-order valence-corrected chi connectivity index (χ1v) is 7.48. The van der Waals surface area contributed by atoms with E-state index in [4.69, 9.17) is 16.3 Å². The minimum atomic E-state index is -0.885. The summed E-state index contributed by atoms with van der Waals surface area (Å²) in [5.41, 5.74) is 1.24. The van der Waals surface area contributed by atoms with Gasteiger partial charge in [0.2, 0.25) is 0 Å². The van der Waals surface area contributed by atoms with Crippen LogP contribution >= 0.6 is 27.5 Å². The van der Waals surface area contributed by atoms with E-state index in [-0.39, 0.29) is 0 Å². The topological polar surface area (TPSA) is 47.3 Å². The second-order valence-corrected chi connectivity index (χ2v) is 5.71. The van der Waals surface area contributed by atoms with Crippen LogP contribution in [0, 0.1) is 0 Å². The summed E-state index contributed by atoms with van der Waals surface area (Å²) in [5.74, 6) is 0.557. The monoisotopic (exact) mass is 358 g/mol. The van der Waals surface area contributed by atoms with Crippen LogP contribution in [0.1, 0.15) is 30.7 Å². The molecule has 2 aromatic rings. The van der Waals surface area contributed by atoms with Crippen LogP contribution in [0.15, 0.2) is 28.9 Å². The van der Waals surface area contributed by atoms with Gasteiger partial charge in [0.25, 0.3) is 0 Å². The highest BCUT2D eigenvalue weighted by molar-refractivity contribution is 9.10. The lowest BCUT2D eigenvalue weighted by molar-refractivity contribution is 0.202. The van der Waals surface area contributed by atoms with Crippen LogP contribution < -0.4 is 4.74 Å². The van der Waals surface area contributed by atoms with Crippen molar-refractivity contribution in [3.05, 3.63) is 45.1 Å². The van der Waals surface area contributed by atoms with E-state index in [1.54, 1.807) is 30.1 Å². The third-order valence-corrected chi connectivity index (χ3v) is 3.85. The summed E-state index contributed by atoms with van der Waals surface area (Å²) < 4.78 is 7.90. The van der Waals surface area contributed by atoms with Gasteiger partial charge < -0.3 is 9.84 Å². The zero-order valence-electron chi connectivity index (χ0n) is 11.3. The molecule has 1 aromatic heterocycles. The third kappa shape index (κ3) is 3.00. The van der Waals surface area contributed by atoms with Crippen LogP contribution in [-0.4, -0.2) is 22.0 Å². The number of benzene rings is 1. The van der Waals surface area contributed by atoms with Gasteiger partial charge in [-0.1, -0.05) is 34.5 Å². The van der Waals surface area contributed by atoms with Crippen LogP contribution in [0.25, 0.3) is 0 Å². The molecule has 1 unspecified atom stereocenters. The van der Waals surface area contributed by atoms with Crippen molar-refractivity contribution in [2.75, 3.05) is 7.11 Å². The van der Waals surface area contributed by atoms with Gasteiger partial charge in [0.1, 0.15) is 11.8 Å². The summed E-state index contributed by atoms with van der Waals surface area (Å²) in [6.45, 7) is 2.76. The quantitative estimate of drug-likeness (QED) is 0.883. The van der Waals surface area contributed by atoms with Crippen molar-refractivity contribution in [2.24, 2.45) is 0 Å². The van der Waals surface area contributed by atoms with E-state index < -0.39 is 6.10 Å². The van der Waals surface area contributed by atoms with E-state index in [0.29, 0.717) is 28.6 Å². The molecular weight excluding hydrogens is 344 g/mol. The molecule has 1 N–H and O–H groups in total. The van der Waals surface area contributed by atoms with E-state index >= 15 is 0 Å². The van der Waals surface area contributed by atoms with E-state index in [1.165, 1.54) is 0 Å². The number of hydrogen-bond acceptors (Lipinski definition) is 3. The van der Waals surface area contributed by atoms with Gasteiger partial charge in [0.05, 0.1) is 13.3 Å². The lowest BCUT2D eigenvalue weighted by Gasteiger charge is -2.16. The first kappa shape index (κ1) is 15.4. The fraction of sp³-hybridized carbons (Fsp3) is 0.357. The van der Waals surface area contributed by atoms with Crippen molar-refractivity contribution in [3.8, 4) is 5.75 Å². The Morgan fingerprint density at radius 2 is 2.25 bits per heavy atom. The van der Waals surface area contributed by atoms with E-state index in [2.05, 4.69) is 28.0 Å². The minimum absolute atomic E-state index is 0.506. The molecule has 0 fully saturated rings. The smallest absolute Gasteiger partial charge is 0.163 e. The Morgan fingerprint density at radius 3 is 2.90 bits per heavy atom. The number of aryl methyl sites for hydroxylation is 1. The van der Waals surface area contributed by atoms with Crippen LogP contribution in [0.3, 0.4) is 0 Å². The van der Waals surface area contributed by atoms with Gasteiger partial charge in [0, 0.05) is 21.6 Å². The normalized spacial score (nSPS) is 12.4. The summed E-state index contributed by atoms with van der Waals surface area (Å²) in [5, 5.41) is 15.4. The van der Waals surface area contributed by atoms with Gasteiger partial charge in [-0.05, 0) is 24.6 Å². The molecule has 20 heavy (non-hydrogen) atoms. The van der Waals surface area contributed by atoms with Gasteiger partial charge in [-0.2, -0.15) is 5.10 Å². The molecule has 2 rings (SSSR count). The number of aliphatic hydroxyl groups excluding tert-OH is 1. The van der Waals surface area contributed by atoms with Gasteiger partial charge >= 0.3 is 0 Å². The molecule has 0 amide bonds. The molecule has 6 heteroatoms. The van der Waals surface area contributed by atoms with E-state index in [0.717, 1.165) is 10.9 Å². The summed E-state index contributed by atoms with van der Waals surface area (Å²) in [7, 11) is 1.56. The van der Waals surface area contributed by atoms with Crippen molar-refractivity contribution >= 4 is 27.5 Å². The number of aromatic nitrogens is 2. The lowest BCUT2D eigenvalue weighted by Crippen LogP contribution is -2.11. The molecule has 0 bridgehead atoms. The van der Waals surface area contributed by atoms with Crippen molar-refractivity contribution in [1.29, 1.82) is 0 Å². The highest BCUT2D eigenvalue weighted by Crippen LogP contribution is 2.34. The van der Waals surface area contributed by atoms with Gasteiger partial charge in [-0.15, -0.1) is 0 Å². The van der Waals surface area contributed by atoms with Gasteiger partial charge in [-0.3, -0.25) is 4.68 Å². The maximum Gasteiger partial charge on any atom is 0.163 e. The molecule has 1 aromatic carbocycles. The van der Waals surface area contributed by atoms with Crippen molar-refractivity contribution in [3.63, 3.8) is 0 Å². The molecule has 108 valence electrons. The Morgan fingerprint density at radius 1 is 1.50 bits per heavy atom. The minimum Gasteiger partial charge on any atom is -0.493 e. The average molecular weight is 360 g/mol. The highest BCUT2D eigenvalue weighted by atomic mass is 79.9. The number of ether oxygens (including phenoxy) is 1. The fourth-order valence-electron chi connectivity index (χ4n) is 2.07. The molecule has 0 aliphatic heterocycles. The first-order valence-electron chi connectivity index (χ1n) is 6.31. The Balaban J connectivity index is 2.48. The second-order valence-electron chi connectivity index (χ2n) is 4.39. The molecule has 1 atom stereocenters. The number of hydrogen-bond donors (Lipinski definition) is 1. The third-order valence-electron chi connectivity index (χ3n) is 3.01. The Bertz CT molecular complexity index is 601. The molecule has 0 aliphatic rings. The van der Waals surface area contributed by atoms with Crippen LogP contribution in [0.4, 0.5) is 0 Å². The molecular formula is C14H16BrClN2O2. The summed E-state index contributed by atoms with van der Waals surface area (Å²) in [6.07, 6.45) is 1.64. The fourth-order valence-corrected chi connectivity index (χ4v) is 2.67. The largest absolute Gasteiger partial charge is 0.493 e. The Labute approximate surface area is 131 Å². The van der Waals surface area contributed by atoms with Gasteiger partial charge in [-0.25, -0.2) is 0 Å². The summed E-state index contributed by atoms with van der Waals surface area (Å²) in [6, 6.07) is 5.38. The Kier molecular flexibility index (Phi) is 5.07. The molecule has 0 saturated carbocycles. The average Bonchev–Trinajstić information content (AvgIpc) is 2.84. The summed E-state index contributed by atoms with van der Waals surface area (Å²) in [4.78, 5) is 0. The molecule has 4 nitrogen and oxygen atoms in total. The standard InChI is InChI=1S/C14H16BrClN2O2/c1-3-6-18-13(12(20-2)8-17-18)14(19)10-7-9(15)4-5-11(10)16/h4-5,7-8,14,19H,3,6H2,1-2H3. The van der Waals surface area contributed by atoms with Crippen LogP contribution in [0.2, 0.25) is 5.02 Å². The molecule has 0 aliphatic carbocycles. The second kappa shape index (κ2) is 6.61. The molecule has 1 heterocycles. The SMILES string of the molecule is CCCn1ncc(OC)c1C(O)c1cc(Br)ccc1Cl. The van der Waals surface area contributed by atoms with E-state index in [1.807, 2.05) is 6.07 Å². The zero-order valence-corrected chi connectivity index (χ0v) is 13.6. The van der Waals surface area contributed by atoms with E-state index in [9.17, 15) is 5.11 Å². The highest BCUT2D eigenvalue weighted by Gasteiger charge is 2.23. The van der Waals surface area contributed by atoms with Crippen LogP contribution in [0.5, 0.6) is 5.75 Å². The predicted molar refractivity (Wildman–Crippen MR) is 82.3 cm³/mol. The molecule has 0 radical (unpaired) electrons. The lowest BCUT2D eigenvalue weighted by atomic mass is 10.1. The number of aliphatic hydroxyl groups is 1. The van der Waals surface area contributed by atoms with Crippen LogP contribution in [-0.2, 0) is 6.54 Å². The maximum absolute atomic E-state index is 10.7. The number of rotatable bonds is 5. The Hall–Kier alpha value is -1.04. The van der Waals surface area contributed by atoms with Gasteiger partial charge in [0.15, 0.2) is 5.75 Å².